The summed E-state index contributed by atoms with van der Waals surface area (Å²) in [5.74, 6) is 0.972. The molecule has 0 aromatic heterocycles. The Morgan fingerprint density at radius 3 is 2.45 bits per heavy atom. The van der Waals surface area contributed by atoms with Gasteiger partial charge in [-0.15, -0.1) is 12.4 Å². The molecule has 0 saturated carbocycles. The highest BCUT2D eigenvalue weighted by molar-refractivity contribution is 5.85. The van der Waals surface area contributed by atoms with Gasteiger partial charge in [0, 0.05) is 39.1 Å². The Balaban J connectivity index is 0.00000300. The lowest BCUT2D eigenvalue weighted by Crippen LogP contribution is -2.47. The zero-order valence-corrected chi connectivity index (χ0v) is 18.8. The number of halogens is 1. The van der Waals surface area contributed by atoms with Crippen LogP contribution in [0.5, 0.6) is 5.75 Å². The van der Waals surface area contributed by atoms with Crippen molar-refractivity contribution >= 4 is 12.4 Å². The van der Waals surface area contributed by atoms with E-state index in [4.69, 9.17) is 4.74 Å². The fourth-order valence-electron chi connectivity index (χ4n) is 3.96. The van der Waals surface area contributed by atoms with Crippen molar-refractivity contribution in [2.24, 2.45) is 0 Å². The van der Waals surface area contributed by atoms with E-state index in [0.717, 1.165) is 60.7 Å². The second-order valence-corrected chi connectivity index (χ2v) is 8.05. The Morgan fingerprint density at radius 2 is 1.76 bits per heavy atom. The summed E-state index contributed by atoms with van der Waals surface area (Å²) in [7, 11) is 2.18. The van der Waals surface area contributed by atoms with Crippen molar-refractivity contribution in [3.63, 3.8) is 0 Å². The van der Waals surface area contributed by atoms with Gasteiger partial charge in [-0.1, -0.05) is 35.9 Å². The van der Waals surface area contributed by atoms with Gasteiger partial charge >= 0.3 is 0 Å². The molecule has 0 radical (unpaired) electrons. The van der Waals surface area contributed by atoms with E-state index in [2.05, 4.69) is 55.8 Å². The number of nitrogens with zero attached hydrogens (tertiary/aromatic N) is 3. The Hall–Kier alpha value is -2.06. The van der Waals surface area contributed by atoms with Gasteiger partial charge in [0.25, 0.3) is 0 Å². The molecule has 1 atom stereocenters. The number of piperazine rings is 1. The summed E-state index contributed by atoms with van der Waals surface area (Å²) in [6.07, 6.45) is 0.831. The molecule has 1 unspecified atom stereocenters. The molecule has 0 spiro atoms. The summed E-state index contributed by atoms with van der Waals surface area (Å²) in [4.78, 5) is 4.86. The van der Waals surface area contributed by atoms with E-state index in [1.807, 2.05) is 24.3 Å². The van der Waals surface area contributed by atoms with Crippen molar-refractivity contribution < 1.29 is 4.74 Å². The van der Waals surface area contributed by atoms with Gasteiger partial charge in [-0.05, 0) is 50.6 Å². The standard InChI is InChI=1S/C24H31N3O.ClH/c1-18-13-19(2)24(28-20(3)17-27-11-9-26(4)10-12-27)23(14-18)15-21-7-5-6-8-22(21)16-25;/h5-8,13-14,20H,9-12,15,17H2,1-4H3;1H. The molecule has 2 aromatic carbocycles. The van der Waals surface area contributed by atoms with E-state index >= 15 is 0 Å². The maximum absolute atomic E-state index is 9.43. The van der Waals surface area contributed by atoms with E-state index < -0.39 is 0 Å². The molecule has 4 nitrogen and oxygen atoms in total. The van der Waals surface area contributed by atoms with Crippen molar-refractivity contribution in [3.8, 4) is 11.8 Å². The maximum Gasteiger partial charge on any atom is 0.126 e. The van der Waals surface area contributed by atoms with Crippen LogP contribution in [-0.2, 0) is 6.42 Å². The SMILES string of the molecule is Cc1cc(C)c(OC(C)CN2CCN(C)CC2)c(Cc2ccccc2C#N)c1.Cl. The molecule has 1 saturated heterocycles. The molecule has 0 N–H and O–H groups in total. The summed E-state index contributed by atoms with van der Waals surface area (Å²) in [5.41, 5.74) is 5.32. The van der Waals surface area contributed by atoms with Crippen LogP contribution in [0.4, 0.5) is 0 Å². The van der Waals surface area contributed by atoms with Crippen molar-refractivity contribution in [2.75, 3.05) is 39.8 Å². The van der Waals surface area contributed by atoms with Gasteiger partial charge in [-0.25, -0.2) is 0 Å². The van der Waals surface area contributed by atoms with Crippen LogP contribution in [0.15, 0.2) is 36.4 Å². The Bertz CT molecular complexity index is 854. The Kier molecular flexibility index (Phi) is 8.52. The first-order valence-corrected chi connectivity index (χ1v) is 10.1. The predicted octanol–water partition coefficient (Wildman–Crippen LogP) is 4.20. The molecule has 156 valence electrons. The molecule has 1 heterocycles. The fraction of sp³-hybridized carbons (Fsp3) is 0.458. The number of hydrogen-bond donors (Lipinski definition) is 0. The van der Waals surface area contributed by atoms with E-state index in [1.165, 1.54) is 5.56 Å². The second kappa shape index (κ2) is 10.6. The Morgan fingerprint density at radius 1 is 1.07 bits per heavy atom. The molecule has 3 rings (SSSR count). The maximum atomic E-state index is 9.43. The number of hydrogen-bond acceptors (Lipinski definition) is 4. The first kappa shape index (κ1) is 23.2. The van der Waals surface area contributed by atoms with Crippen LogP contribution in [0, 0.1) is 25.2 Å². The smallest absolute Gasteiger partial charge is 0.126 e. The molecule has 1 aliphatic rings. The van der Waals surface area contributed by atoms with Gasteiger partial charge in [0.1, 0.15) is 11.9 Å². The van der Waals surface area contributed by atoms with Crippen molar-refractivity contribution in [1.82, 2.24) is 9.80 Å². The molecule has 0 bridgehead atoms. The molecule has 29 heavy (non-hydrogen) atoms. The van der Waals surface area contributed by atoms with Gasteiger partial charge in [0.05, 0.1) is 11.6 Å². The molecular weight excluding hydrogens is 382 g/mol. The third-order valence-corrected chi connectivity index (χ3v) is 5.44. The largest absolute Gasteiger partial charge is 0.489 e. The van der Waals surface area contributed by atoms with Crippen LogP contribution in [0.1, 0.15) is 34.7 Å². The van der Waals surface area contributed by atoms with Crippen LogP contribution >= 0.6 is 12.4 Å². The van der Waals surface area contributed by atoms with Gasteiger partial charge in [-0.3, -0.25) is 4.90 Å². The van der Waals surface area contributed by atoms with Gasteiger partial charge in [0.2, 0.25) is 0 Å². The Labute approximate surface area is 181 Å². The van der Waals surface area contributed by atoms with Crippen molar-refractivity contribution in [3.05, 3.63) is 64.2 Å². The number of rotatable bonds is 6. The molecule has 0 aliphatic carbocycles. The molecule has 0 amide bonds. The normalized spacial score (nSPS) is 16.0. The monoisotopic (exact) mass is 413 g/mol. The third-order valence-electron chi connectivity index (χ3n) is 5.44. The second-order valence-electron chi connectivity index (χ2n) is 8.05. The lowest BCUT2D eigenvalue weighted by Gasteiger charge is -2.34. The van der Waals surface area contributed by atoms with E-state index in [-0.39, 0.29) is 18.5 Å². The minimum atomic E-state index is 0. The molecule has 1 aliphatic heterocycles. The number of ether oxygens (including phenoxy) is 1. The van der Waals surface area contributed by atoms with Crippen LogP contribution in [0.25, 0.3) is 0 Å². The first-order valence-electron chi connectivity index (χ1n) is 10.1. The topological polar surface area (TPSA) is 39.5 Å². The van der Waals surface area contributed by atoms with Crippen molar-refractivity contribution in [2.45, 2.75) is 33.3 Å². The van der Waals surface area contributed by atoms with Gasteiger partial charge < -0.3 is 9.64 Å². The highest BCUT2D eigenvalue weighted by Gasteiger charge is 2.19. The summed E-state index contributed by atoms with van der Waals surface area (Å²) < 4.78 is 6.47. The molecule has 2 aromatic rings. The minimum absolute atomic E-state index is 0. The van der Waals surface area contributed by atoms with Gasteiger partial charge in [-0.2, -0.15) is 5.26 Å². The zero-order chi connectivity index (χ0) is 20.1. The lowest BCUT2D eigenvalue weighted by atomic mass is 9.96. The van der Waals surface area contributed by atoms with E-state index in [9.17, 15) is 5.26 Å². The third kappa shape index (κ3) is 6.21. The fourth-order valence-corrected chi connectivity index (χ4v) is 3.96. The van der Waals surface area contributed by atoms with E-state index in [0.29, 0.717) is 6.42 Å². The van der Waals surface area contributed by atoms with Gasteiger partial charge in [0.15, 0.2) is 0 Å². The summed E-state index contributed by atoms with van der Waals surface area (Å²) in [6, 6.07) is 14.5. The van der Waals surface area contributed by atoms with Crippen molar-refractivity contribution in [1.29, 1.82) is 5.26 Å². The minimum Gasteiger partial charge on any atom is -0.489 e. The highest BCUT2D eigenvalue weighted by atomic mass is 35.5. The summed E-state index contributed by atoms with van der Waals surface area (Å²) >= 11 is 0. The summed E-state index contributed by atoms with van der Waals surface area (Å²) in [6.45, 7) is 11.8. The molecule has 5 heteroatoms. The molecular formula is C24H32ClN3O. The number of benzene rings is 2. The zero-order valence-electron chi connectivity index (χ0n) is 17.9. The number of aryl methyl sites for hydroxylation is 2. The van der Waals surface area contributed by atoms with Crippen LogP contribution in [-0.4, -0.2) is 55.7 Å². The van der Waals surface area contributed by atoms with E-state index in [1.54, 1.807) is 0 Å². The number of nitriles is 1. The first-order chi connectivity index (χ1) is 13.5. The molecule has 1 fully saturated rings. The van der Waals surface area contributed by atoms with Crippen LogP contribution in [0.3, 0.4) is 0 Å². The number of likely N-dealkylation sites (N-methyl/N-ethyl adjacent to an activating group) is 1. The average Bonchev–Trinajstić information content (AvgIpc) is 2.67. The highest BCUT2D eigenvalue weighted by Crippen LogP contribution is 2.29. The lowest BCUT2D eigenvalue weighted by molar-refractivity contribution is 0.101. The quantitative estimate of drug-likeness (QED) is 0.711. The van der Waals surface area contributed by atoms with Crippen LogP contribution < -0.4 is 4.74 Å². The summed E-state index contributed by atoms with van der Waals surface area (Å²) in [5, 5.41) is 9.43. The average molecular weight is 414 g/mol. The predicted molar refractivity (Wildman–Crippen MR) is 121 cm³/mol. The van der Waals surface area contributed by atoms with Crippen LogP contribution in [0.2, 0.25) is 0 Å².